The topological polar surface area (TPSA) is 127 Å². The molecule has 3 aromatic rings. The molecule has 3 rings (SSSR count). The Morgan fingerprint density at radius 1 is 1.33 bits per heavy atom. The zero-order valence-corrected chi connectivity index (χ0v) is 18.0. The Hall–Kier alpha value is -3.14. The van der Waals surface area contributed by atoms with Gasteiger partial charge in [-0.05, 0) is 32.4 Å². The first-order valence-electron chi connectivity index (χ1n) is 9.79. The van der Waals surface area contributed by atoms with Gasteiger partial charge in [-0.2, -0.15) is 0 Å². The number of aromatic nitrogens is 3. The summed E-state index contributed by atoms with van der Waals surface area (Å²) in [5.74, 6) is 1.09. The number of anilines is 2. The first kappa shape index (κ1) is 21.6. The maximum Gasteiger partial charge on any atom is 0.330 e. The minimum Gasteiger partial charge on any atom is -0.459 e. The van der Waals surface area contributed by atoms with Gasteiger partial charge in [0.2, 0.25) is 5.91 Å². The highest BCUT2D eigenvalue weighted by atomic mass is 32.1. The van der Waals surface area contributed by atoms with Gasteiger partial charge >= 0.3 is 5.69 Å². The molecule has 3 N–H and O–H groups in total. The third-order valence-corrected chi connectivity index (χ3v) is 5.58. The second-order valence-electron chi connectivity index (χ2n) is 6.87. The van der Waals surface area contributed by atoms with Gasteiger partial charge in [0.05, 0.1) is 12.1 Å². The van der Waals surface area contributed by atoms with E-state index in [9.17, 15) is 14.4 Å². The van der Waals surface area contributed by atoms with Crippen LogP contribution in [0.15, 0.2) is 31.5 Å². The fraction of sp³-hybridized carbons (Fsp3) is 0.400. The lowest BCUT2D eigenvalue weighted by Gasteiger charge is -2.23. The van der Waals surface area contributed by atoms with Crippen LogP contribution >= 0.6 is 11.3 Å². The number of nitrogens with one attached hydrogen (secondary N) is 1. The van der Waals surface area contributed by atoms with E-state index in [4.69, 9.17) is 10.2 Å². The number of furan rings is 1. The molecule has 0 aliphatic carbocycles. The lowest BCUT2D eigenvalue weighted by Crippen LogP contribution is -2.41. The summed E-state index contributed by atoms with van der Waals surface area (Å²) in [6.45, 7) is 6.18. The SMILES string of the molecule is CCCCn1c(N)c(N(CC)C(=O)Cc2csc(-c3ccc(C)o3)n2)c(=O)[nH]c1=O. The normalized spacial score (nSPS) is 11.0. The van der Waals surface area contributed by atoms with Crippen LogP contribution in [0, 0.1) is 6.92 Å². The van der Waals surface area contributed by atoms with E-state index >= 15 is 0 Å². The Morgan fingerprint density at radius 3 is 2.73 bits per heavy atom. The molecular weight excluding hydrogens is 406 g/mol. The highest BCUT2D eigenvalue weighted by molar-refractivity contribution is 7.13. The highest BCUT2D eigenvalue weighted by Crippen LogP contribution is 2.26. The molecule has 0 aliphatic rings. The van der Waals surface area contributed by atoms with Gasteiger partial charge in [0.25, 0.3) is 5.56 Å². The van der Waals surface area contributed by atoms with Crippen molar-refractivity contribution < 1.29 is 9.21 Å². The van der Waals surface area contributed by atoms with Gasteiger partial charge in [0.15, 0.2) is 16.5 Å². The third kappa shape index (κ3) is 4.38. The zero-order chi connectivity index (χ0) is 21.8. The molecule has 3 heterocycles. The number of H-pyrrole nitrogens is 1. The number of likely N-dealkylation sites (N-methyl/N-ethyl adjacent to an activating group) is 1. The number of rotatable bonds is 8. The van der Waals surface area contributed by atoms with Crippen molar-refractivity contribution in [1.82, 2.24) is 14.5 Å². The minimum absolute atomic E-state index is 0.00238. The number of hydrogen-bond donors (Lipinski definition) is 2. The molecule has 1 amide bonds. The molecular formula is C20H25N5O4S. The van der Waals surface area contributed by atoms with Gasteiger partial charge in [-0.25, -0.2) is 9.78 Å². The molecule has 0 atom stereocenters. The number of aryl methyl sites for hydroxylation is 1. The van der Waals surface area contributed by atoms with Crippen LogP contribution in [0.3, 0.4) is 0 Å². The van der Waals surface area contributed by atoms with Gasteiger partial charge in [0, 0.05) is 18.5 Å². The van der Waals surface area contributed by atoms with Crippen LogP contribution in [0.5, 0.6) is 0 Å². The molecule has 0 radical (unpaired) electrons. The number of amides is 1. The molecule has 3 aromatic heterocycles. The van der Waals surface area contributed by atoms with Crippen molar-refractivity contribution >= 4 is 28.7 Å². The Kier molecular flexibility index (Phi) is 6.56. The van der Waals surface area contributed by atoms with E-state index < -0.39 is 11.2 Å². The average Bonchev–Trinajstić information content (AvgIpc) is 3.33. The fourth-order valence-electron chi connectivity index (χ4n) is 3.14. The van der Waals surface area contributed by atoms with Gasteiger partial charge in [-0.3, -0.25) is 19.1 Å². The van der Waals surface area contributed by atoms with E-state index in [2.05, 4.69) is 9.97 Å². The van der Waals surface area contributed by atoms with E-state index in [1.807, 2.05) is 26.0 Å². The van der Waals surface area contributed by atoms with Crippen LogP contribution in [-0.2, 0) is 17.8 Å². The fourth-order valence-corrected chi connectivity index (χ4v) is 3.92. The van der Waals surface area contributed by atoms with Crippen molar-refractivity contribution in [3.63, 3.8) is 0 Å². The molecule has 0 fully saturated rings. The van der Waals surface area contributed by atoms with Crippen LogP contribution in [0.1, 0.15) is 38.1 Å². The Labute approximate surface area is 177 Å². The molecule has 0 saturated heterocycles. The van der Waals surface area contributed by atoms with E-state index in [1.165, 1.54) is 20.8 Å². The molecule has 160 valence electrons. The van der Waals surface area contributed by atoms with Gasteiger partial charge in [-0.1, -0.05) is 13.3 Å². The van der Waals surface area contributed by atoms with Gasteiger partial charge in [-0.15, -0.1) is 11.3 Å². The van der Waals surface area contributed by atoms with Crippen molar-refractivity contribution in [2.75, 3.05) is 17.2 Å². The zero-order valence-electron chi connectivity index (χ0n) is 17.2. The Balaban J connectivity index is 1.87. The number of carbonyl (C=O) groups excluding carboxylic acids is 1. The number of unbranched alkanes of at least 4 members (excludes halogenated alkanes) is 1. The number of aromatic amines is 1. The highest BCUT2D eigenvalue weighted by Gasteiger charge is 2.24. The number of nitrogen functional groups attached to an aromatic ring is 1. The average molecular weight is 432 g/mol. The standard InChI is InChI=1S/C20H25N5O4S/c1-4-6-9-25-17(21)16(18(27)23-20(25)28)24(5-2)15(26)10-13-11-30-19(22-13)14-8-7-12(3)29-14/h7-8,11H,4-6,9-10,21H2,1-3H3,(H,23,27,28). The Morgan fingerprint density at radius 2 is 2.10 bits per heavy atom. The summed E-state index contributed by atoms with van der Waals surface area (Å²) in [5, 5.41) is 2.47. The summed E-state index contributed by atoms with van der Waals surface area (Å²) in [6, 6.07) is 3.68. The van der Waals surface area contributed by atoms with E-state index in [-0.39, 0.29) is 30.4 Å². The smallest absolute Gasteiger partial charge is 0.330 e. The number of hydrogen-bond acceptors (Lipinski definition) is 7. The summed E-state index contributed by atoms with van der Waals surface area (Å²) in [6.07, 6.45) is 1.58. The lowest BCUT2D eigenvalue weighted by atomic mass is 10.2. The van der Waals surface area contributed by atoms with Crippen molar-refractivity contribution in [1.29, 1.82) is 0 Å². The van der Waals surface area contributed by atoms with Crippen LogP contribution in [-0.4, -0.2) is 27.0 Å². The Bertz CT molecular complexity index is 1160. The molecule has 0 saturated carbocycles. The van der Waals surface area contributed by atoms with E-state index in [0.717, 1.165) is 18.6 Å². The molecule has 30 heavy (non-hydrogen) atoms. The molecule has 9 nitrogen and oxygen atoms in total. The molecule has 0 spiro atoms. The second kappa shape index (κ2) is 9.12. The first-order chi connectivity index (χ1) is 14.3. The molecule has 0 unspecified atom stereocenters. The summed E-state index contributed by atoms with van der Waals surface area (Å²) in [4.78, 5) is 45.6. The van der Waals surface area contributed by atoms with Crippen LogP contribution < -0.4 is 21.9 Å². The van der Waals surface area contributed by atoms with Gasteiger partial charge < -0.3 is 15.1 Å². The monoisotopic (exact) mass is 431 g/mol. The lowest BCUT2D eigenvalue weighted by molar-refractivity contribution is -0.118. The van der Waals surface area contributed by atoms with E-state index in [0.29, 0.717) is 23.0 Å². The quantitative estimate of drug-likeness (QED) is 0.564. The van der Waals surface area contributed by atoms with Crippen molar-refractivity contribution in [2.45, 2.75) is 46.6 Å². The third-order valence-electron chi connectivity index (χ3n) is 4.67. The minimum atomic E-state index is -0.675. The maximum absolute atomic E-state index is 13.0. The summed E-state index contributed by atoms with van der Waals surface area (Å²) < 4.78 is 6.87. The number of nitrogens with two attached hydrogens (primary N) is 1. The van der Waals surface area contributed by atoms with Crippen LogP contribution in [0.2, 0.25) is 0 Å². The number of thiazole rings is 1. The maximum atomic E-state index is 13.0. The van der Waals surface area contributed by atoms with Crippen LogP contribution in [0.25, 0.3) is 10.8 Å². The van der Waals surface area contributed by atoms with E-state index in [1.54, 1.807) is 12.3 Å². The predicted molar refractivity (Wildman–Crippen MR) is 117 cm³/mol. The molecule has 0 aliphatic heterocycles. The molecule has 0 aromatic carbocycles. The summed E-state index contributed by atoms with van der Waals surface area (Å²) in [7, 11) is 0. The van der Waals surface area contributed by atoms with Crippen molar-refractivity contribution in [2.24, 2.45) is 0 Å². The summed E-state index contributed by atoms with van der Waals surface area (Å²) in [5.41, 5.74) is 5.46. The largest absolute Gasteiger partial charge is 0.459 e. The number of nitrogens with zero attached hydrogens (tertiary/aromatic N) is 3. The first-order valence-corrected chi connectivity index (χ1v) is 10.7. The number of carbonyl (C=O) groups is 1. The second-order valence-corrected chi connectivity index (χ2v) is 7.73. The molecule has 10 heteroatoms. The van der Waals surface area contributed by atoms with Crippen molar-refractivity contribution in [3.05, 3.63) is 49.8 Å². The summed E-state index contributed by atoms with van der Waals surface area (Å²) >= 11 is 1.38. The molecule has 0 bridgehead atoms. The van der Waals surface area contributed by atoms with Crippen LogP contribution in [0.4, 0.5) is 11.5 Å². The predicted octanol–water partition coefficient (Wildman–Crippen LogP) is 2.54. The van der Waals surface area contributed by atoms with Gasteiger partial charge in [0.1, 0.15) is 11.6 Å². The van der Waals surface area contributed by atoms with Crippen molar-refractivity contribution in [3.8, 4) is 10.8 Å².